The van der Waals surface area contributed by atoms with Crippen LogP contribution in [0.2, 0.25) is 0 Å². The van der Waals surface area contributed by atoms with Crippen LogP contribution in [0.3, 0.4) is 0 Å². The van der Waals surface area contributed by atoms with E-state index in [4.69, 9.17) is 14.7 Å². The van der Waals surface area contributed by atoms with Gasteiger partial charge < -0.3 is 9.47 Å². The molecule has 1 aromatic rings. The second-order valence-electron chi connectivity index (χ2n) is 4.66. The maximum absolute atomic E-state index is 11.6. The molecule has 21 heavy (non-hydrogen) atoms. The zero-order valence-electron chi connectivity index (χ0n) is 12.9. The Hall–Kier alpha value is -2.06. The lowest BCUT2D eigenvalue weighted by atomic mass is 10.1. The normalized spacial score (nSPS) is 10.2. The van der Waals surface area contributed by atoms with Gasteiger partial charge in [-0.15, -0.1) is 0 Å². The molecule has 1 aromatic carbocycles. The average molecular weight is 290 g/mol. The number of hydrogen-bond acceptors (Lipinski definition) is 5. The number of carbonyl (C=O) groups excluding carboxylic acids is 1. The molecule has 0 atom stereocenters. The highest BCUT2D eigenvalue weighted by Crippen LogP contribution is 2.20. The van der Waals surface area contributed by atoms with Gasteiger partial charge in [-0.3, -0.25) is 9.69 Å². The Labute approximate surface area is 126 Å². The minimum absolute atomic E-state index is 0.216. The highest BCUT2D eigenvalue weighted by molar-refractivity contribution is 5.71. The number of ether oxygens (including phenoxy) is 2. The standard InChI is InChI=1S/C16H22N2O3/c1-4-8-18(12-16(19)21-5-2)11-13-6-7-14(10-17)15(9-13)20-3/h6-7,9H,4-5,8,11-12H2,1-3H3. The molecule has 0 saturated heterocycles. The molecule has 0 heterocycles. The minimum Gasteiger partial charge on any atom is -0.495 e. The molecule has 0 aliphatic rings. The SMILES string of the molecule is CCCN(CC(=O)OCC)Cc1ccc(C#N)c(OC)c1. The molecule has 0 N–H and O–H groups in total. The predicted molar refractivity (Wildman–Crippen MR) is 79.9 cm³/mol. The van der Waals surface area contributed by atoms with Crippen molar-refractivity contribution in [3.8, 4) is 11.8 Å². The Morgan fingerprint density at radius 2 is 2.14 bits per heavy atom. The zero-order valence-corrected chi connectivity index (χ0v) is 12.9. The van der Waals surface area contributed by atoms with Gasteiger partial charge in [0.1, 0.15) is 11.8 Å². The van der Waals surface area contributed by atoms with Crippen molar-refractivity contribution < 1.29 is 14.3 Å². The first-order chi connectivity index (χ1) is 10.1. The summed E-state index contributed by atoms with van der Waals surface area (Å²) in [5, 5.41) is 8.98. The second kappa shape index (κ2) is 8.98. The predicted octanol–water partition coefficient (Wildman–Crippen LogP) is 2.34. The zero-order chi connectivity index (χ0) is 15.7. The summed E-state index contributed by atoms with van der Waals surface area (Å²) in [5.74, 6) is 0.342. The van der Waals surface area contributed by atoms with Crippen LogP contribution in [-0.4, -0.2) is 37.7 Å². The molecular formula is C16H22N2O3. The summed E-state index contributed by atoms with van der Waals surface area (Å²) >= 11 is 0. The van der Waals surface area contributed by atoms with Gasteiger partial charge in [-0.05, 0) is 37.6 Å². The van der Waals surface area contributed by atoms with Gasteiger partial charge in [0.15, 0.2) is 0 Å². The third kappa shape index (κ3) is 5.44. The van der Waals surface area contributed by atoms with Gasteiger partial charge in [0, 0.05) is 6.54 Å². The Morgan fingerprint density at radius 1 is 1.38 bits per heavy atom. The van der Waals surface area contributed by atoms with Crippen LogP contribution in [0.4, 0.5) is 0 Å². The smallest absolute Gasteiger partial charge is 0.320 e. The van der Waals surface area contributed by atoms with E-state index >= 15 is 0 Å². The van der Waals surface area contributed by atoms with Gasteiger partial charge in [0.2, 0.25) is 0 Å². The number of benzene rings is 1. The molecule has 0 bridgehead atoms. The fraction of sp³-hybridized carbons (Fsp3) is 0.500. The molecule has 0 aromatic heterocycles. The number of nitriles is 1. The first kappa shape index (κ1) is 17.0. The molecule has 0 radical (unpaired) electrons. The van der Waals surface area contributed by atoms with Crippen LogP contribution < -0.4 is 4.74 Å². The van der Waals surface area contributed by atoms with Crippen molar-refractivity contribution in [3.63, 3.8) is 0 Å². The lowest BCUT2D eigenvalue weighted by Gasteiger charge is -2.21. The van der Waals surface area contributed by atoms with Gasteiger partial charge in [-0.1, -0.05) is 13.0 Å². The molecule has 0 spiro atoms. The lowest BCUT2D eigenvalue weighted by Crippen LogP contribution is -2.31. The third-order valence-corrected chi connectivity index (χ3v) is 2.99. The molecule has 0 saturated carbocycles. The van der Waals surface area contributed by atoms with E-state index in [2.05, 4.69) is 13.0 Å². The highest BCUT2D eigenvalue weighted by Gasteiger charge is 2.12. The summed E-state index contributed by atoms with van der Waals surface area (Å²) in [4.78, 5) is 13.6. The first-order valence-corrected chi connectivity index (χ1v) is 7.09. The summed E-state index contributed by atoms with van der Waals surface area (Å²) < 4.78 is 10.2. The molecule has 114 valence electrons. The average Bonchev–Trinajstić information content (AvgIpc) is 2.47. The molecular weight excluding hydrogens is 268 g/mol. The van der Waals surface area contributed by atoms with E-state index in [9.17, 15) is 4.79 Å². The third-order valence-electron chi connectivity index (χ3n) is 2.99. The van der Waals surface area contributed by atoms with E-state index in [0.717, 1.165) is 18.5 Å². The number of nitrogens with zero attached hydrogens (tertiary/aromatic N) is 2. The molecule has 0 unspecified atom stereocenters. The summed E-state index contributed by atoms with van der Waals surface area (Å²) in [6, 6.07) is 7.55. The molecule has 5 heteroatoms. The number of methoxy groups -OCH3 is 1. The molecule has 0 aliphatic carbocycles. The van der Waals surface area contributed by atoms with Crippen molar-refractivity contribution in [3.05, 3.63) is 29.3 Å². The fourth-order valence-corrected chi connectivity index (χ4v) is 2.10. The lowest BCUT2D eigenvalue weighted by molar-refractivity contribution is -0.144. The largest absolute Gasteiger partial charge is 0.495 e. The van der Waals surface area contributed by atoms with Crippen LogP contribution in [0.15, 0.2) is 18.2 Å². The van der Waals surface area contributed by atoms with E-state index < -0.39 is 0 Å². The number of esters is 1. The van der Waals surface area contributed by atoms with Crippen molar-refractivity contribution in [1.29, 1.82) is 5.26 Å². The second-order valence-corrected chi connectivity index (χ2v) is 4.66. The number of rotatable bonds is 8. The van der Waals surface area contributed by atoms with Gasteiger partial charge in [-0.25, -0.2) is 0 Å². The van der Waals surface area contributed by atoms with Crippen LogP contribution in [0.1, 0.15) is 31.4 Å². The molecule has 0 amide bonds. The summed E-state index contributed by atoms with van der Waals surface area (Å²) in [6.07, 6.45) is 0.951. The van der Waals surface area contributed by atoms with Crippen molar-refractivity contribution in [2.75, 3.05) is 26.8 Å². The Morgan fingerprint density at radius 3 is 2.71 bits per heavy atom. The van der Waals surface area contributed by atoms with Gasteiger partial charge in [-0.2, -0.15) is 5.26 Å². The van der Waals surface area contributed by atoms with Crippen LogP contribution in [-0.2, 0) is 16.1 Å². The summed E-state index contributed by atoms with van der Waals surface area (Å²) in [7, 11) is 1.54. The molecule has 1 rings (SSSR count). The van der Waals surface area contributed by atoms with Crippen LogP contribution in [0.25, 0.3) is 0 Å². The summed E-state index contributed by atoms with van der Waals surface area (Å²) in [5.41, 5.74) is 1.51. The maximum atomic E-state index is 11.6. The van der Waals surface area contributed by atoms with E-state index in [0.29, 0.717) is 24.5 Å². The van der Waals surface area contributed by atoms with Crippen LogP contribution in [0, 0.1) is 11.3 Å². The first-order valence-electron chi connectivity index (χ1n) is 7.09. The molecule has 0 aliphatic heterocycles. The minimum atomic E-state index is -0.216. The van der Waals surface area contributed by atoms with E-state index in [1.165, 1.54) is 0 Å². The van der Waals surface area contributed by atoms with Crippen molar-refractivity contribution >= 4 is 5.97 Å². The Bertz CT molecular complexity index is 509. The van der Waals surface area contributed by atoms with Crippen molar-refractivity contribution in [1.82, 2.24) is 4.90 Å². The van der Waals surface area contributed by atoms with Crippen LogP contribution in [0.5, 0.6) is 5.75 Å². The van der Waals surface area contributed by atoms with Gasteiger partial charge in [0.25, 0.3) is 0 Å². The number of hydrogen-bond donors (Lipinski definition) is 0. The Kier molecular flexibility index (Phi) is 7.27. The monoisotopic (exact) mass is 290 g/mol. The molecule has 5 nitrogen and oxygen atoms in total. The number of carbonyl (C=O) groups is 1. The van der Waals surface area contributed by atoms with E-state index in [-0.39, 0.29) is 12.5 Å². The quantitative estimate of drug-likeness (QED) is 0.688. The van der Waals surface area contributed by atoms with Gasteiger partial charge in [0.05, 0.1) is 25.8 Å². The highest BCUT2D eigenvalue weighted by atomic mass is 16.5. The van der Waals surface area contributed by atoms with E-state index in [1.807, 2.05) is 17.0 Å². The summed E-state index contributed by atoms with van der Waals surface area (Å²) in [6.45, 7) is 5.95. The molecule has 0 fully saturated rings. The topological polar surface area (TPSA) is 62.6 Å². The van der Waals surface area contributed by atoms with Gasteiger partial charge >= 0.3 is 5.97 Å². The van der Waals surface area contributed by atoms with Crippen LogP contribution >= 0.6 is 0 Å². The van der Waals surface area contributed by atoms with Crippen molar-refractivity contribution in [2.24, 2.45) is 0 Å². The fourth-order valence-electron chi connectivity index (χ4n) is 2.10. The Balaban J connectivity index is 2.79. The maximum Gasteiger partial charge on any atom is 0.320 e. The van der Waals surface area contributed by atoms with E-state index in [1.54, 1.807) is 20.1 Å². The van der Waals surface area contributed by atoms with Crippen molar-refractivity contribution in [2.45, 2.75) is 26.8 Å².